The average Bonchev–Trinajstić information content (AvgIpc) is 0.871. The van der Waals surface area contributed by atoms with E-state index in [1.165, 1.54) is 168 Å². The summed E-state index contributed by atoms with van der Waals surface area (Å²) in [6.45, 7) is 28.0. The standard InChI is InChI=1S/5C21H22N/c1-15-13-20(18-11-7-5-9-16(18)2)22(4)21(14-15)19-12-8-6-10-17(19)3;2*1-15-12-13-19(17(3)14-15)21-11-7-10-20(22(21)4)18-9-6-5-8-16(18)2;2*1-15-12-13-17(3)19(14-15)21-11-7-10-20(22(21)4)18-9-6-5-8-16(18)2/h5*5-14H,1-4H3/q5*+1/i;;;1D3;. The van der Waals surface area contributed by atoms with E-state index in [0.717, 1.165) is 22.5 Å². The van der Waals surface area contributed by atoms with Crippen molar-refractivity contribution in [3.8, 4) is 113 Å². The SMILES string of the molecule is Cc1cc(-c2ccccc2C)[n+](C)c(-c2ccccc2C)c1.Cc1ccc(-c2cccc(-c3ccccc3C)[n+]2C)c(C)c1.Cc1ccc(-c2cccc(-c3ccccc3C)[n+]2C)c(C)c1.Cc1ccc(C)c(-c2cccc(-c3ccccc3C)[n+]2C)c1.[2H]C([2H])([2H])c1ccc(C)c(-c2cccc(-c3ccccc3C)[n+]2C)c1. The highest BCUT2D eigenvalue weighted by molar-refractivity contribution is 5.72. The second kappa shape index (κ2) is 35.8. The molecule has 0 fully saturated rings. The van der Waals surface area contributed by atoms with Crippen molar-refractivity contribution in [2.24, 2.45) is 35.2 Å². The molecule has 0 aliphatic carbocycles. The largest absolute Gasteiger partial charge is 0.213 e. The zero-order valence-electron chi connectivity index (χ0n) is 71.1. The quantitative estimate of drug-likeness (QED) is 0.122. The molecule has 5 heterocycles. The molecule has 0 N–H and O–H groups in total. The van der Waals surface area contributed by atoms with Crippen LogP contribution < -0.4 is 22.8 Å². The number of rotatable bonds is 10. The lowest BCUT2D eigenvalue weighted by atomic mass is 9.99. The normalized spacial score (nSPS) is 11.2. The number of nitrogens with zero attached hydrogens (tertiary/aromatic N) is 5. The third kappa shape index (κ3) is 18.2. The van der Waals surface area contributed by atoms with Crippen LogP contribution in [-0.2, 0) is 35.2 Å². The van der Waals surface area contributed by atoms with E-state index in [2.05, 4.69) is 402 Å². The Kier molecular flexibility index (Phi) is 24.3. The van der Waals surface area contributed by atoms with Gasteiger partial charge in [-0.05, 0) is 250 Å². The van der Waals surface area contributed by atoms with Gasteiger partial charge in [0.1, 0.15) is 35.2 Å². The first kappa shape index (κ1) is 74.8. The van der Waals surface area contributed by atoms with Crippen LogP contribution in [0.3, 0.4) is 0 Å². The summed E-state index contributed by atoms with van der Waals surface area (Å²) in [5, 5.41) is 0. The van der Waals surface area contributed by atoms with Gasteiger partial charge in [0.05, 0.1) is 0 Å². The van der Waals surface area contributed by atoms with E-state index < -0.39 is 6.85 Å². The Morgan fingerprint density at radius 1 is 0.155 bits per heavy atom. The number of aryl methyl sites for hydroxylation is 15. The van der Waals surface area contributed by atoms with Crippen LogP contribution in [0.1, 0.15) is 87.6 Å². The molecule has 5 heteroatoms. The summed E-state index contributed by atoms with van der Waals surface area (Å²) >= 11 is 0. The van der Waals surface area contributed by atoms with Crippen LogP contribution in [0.4, 0.5) is 0 Å². The van der Waals surface area contributed by atoms with E-state index in [-0.39, 0.29) is 0 Å². The first-order valence-corrected chi connectivity index (χ1v) is 38.3. The number of pyridine rings is 5. The molecule has 0 spiro atoms. The molecule has 5 aromatic heterocycles. The lowest BCUT2D eigenvalue weighted by Crippen LogP contribution is -2.34. The molecule has 0 radical (unpaired) electrons. The summed E-state index contributed by atoms with van der Waals surface area (Å²) in [5.41, 5.74) is 42.9. The molecular formula is C105H110N5+5. The van der Waals surface area contributed by atoms with Crippen molar-refractivity contribution in [3.05, 3.63) is 387 Å². The fraction of sp³-hybridized carbons (Fsp3) is 0.190. The Morgan fingerprint density at radius 3 is 0.618 bits per heavy atom. The summed E-state index contributed by atoms with van der Waals surface area (Å²) in [5.74, 6) is 0. The Labute approximate surface area is 661 Å². The van der Waals surface area contributed by atoms with Crippen LogP contribution in [0.25, 0.3) is 113 Å². The molecule has 5 nitrogen and oxygen atoms in total. The fourth-order valence-corrected chi connectivity index (χ4v) is 15.1. The predicted octanol–water partition coefficient (Wildman–Crippen LogP) is 23.9. The maximum absolute atomic E-state index is 7.69. The summed E-state index contributed by atoms with van der Waals surface area (Å²) in [7, 11) is 10.6. The van der Waals surface area contributed by atoms with Gasteiger partial charge in [-0.2, -0.15) is 22.8 Å². The molecule has 0 aliphatic heterocycles. The summed E-state index contributed by atoms with van der Waals surface area (Å²) in [6, 6.07) is 107. The number of hydrogen-bond donors (Lipinski definition) is 0. The van der Waals surface area contributed by atoms with E-state index in [1.54, 1.807) is 12.1 Å². The molecule has 110 heavy (non-hydrogen) atoms. The highest BCUT2D eigenvalue weighted by atomic mass is 15.0. The van der Waals surface area contributed by atoms with Gasteiger partial charge in [0.25, 0.3) is 0 Å². The molecule has 0 aliphatic rings. The van der Waals surface area contributed by atoms with Gasteiger partial charge >= 0.3 is 0 Å². The molecule has 0 saturated heterocycles. The van der Waals surface area contributed by atoms with E-state index in [9.17, 15) is 0 Å². The average molecular weight is 1450 g/mol. The van der Waals surface area contributed by atoms with E-state index >= 15 is 0 Å². The number of aromatic nitrogens is 5. The molecule has 0 atom stereocenters. The van der Waals surface area contributed by atoms with Crippen molar-refractivity contribution in [3.63, 3.8) is 0 Å². The zero-order valence-corrected chi connectivity index (χ0v) is 68.1. The van der Waals surface area contributed by atoms with Gasteiger partial charge in [0.2, 0.25) is 56.9 Å². The van der Waals surface area contributed by atoms with Crippen molar-refractivity contribution in [2.75, 3.05) is 0 Å². The first-order chi connectivity index (χ1) is 54.1. The maximum Gasteiger partial charge on any atom is 0.213 e. The summed E-state index contributed by atoms with van der Waals surface area (Å²) < 4.78 is 34.4. The summed E-state index contributed by atoms with van der Waals surface area (Å²) in [4.78, 5) is 0. The minimum Gasteiger partial charge on any atom is -0.194 e. The lowest BCUT2D eigenvalue weighted by molar-refractivity contribution is -0.649. The second-order valence-electron chi connectivity index (χ2n) is 29.7. The molecule has 15 aromatic rings. The van der Waals surface area contributed by atoms with Gasteiger partial charge < -0.3 is 0 Å². The molecule has 550 valence electrons. The van der Waals surface area contributed by atoms with E-state index in [4.69, 9.17) is 4.11 Å². The fourth-order valence-electron chi connectivity index (χ4n) is 15.1. The first-order valence-electron chi connectivity index (χ1n) is 39.8. The topological polar surface area (TPSA) is 19.4 Å². The van der Waals surface area contributed by atoms with Crippen molar-refractivity contribution in [2.45, 2.75) is 104 Å². The number of benzene rings is 10. The van der Waals surface area contributed by atoms with Gasteiger partial charge in [-0.25, -0.2) is 0 Å². The van der Waals surface area contributed by atoms with Crippen LogP contribution in [-0.4, -0.2) is 0 Å². The van der Waals surface area contributed by atoms with Crippen molar-refractivity contribution >= 4 is 0 Å². The highest BCUT2D eigenvalue weighted by Gasteiger charge is 2.25. The molecule has 15 rings (SSSR count). The minimum absolute atomic E-state index is 0.370. The Bertz CT molecular complexity index is 5730. The maximum atomic E-state index is 7.69. The molecule has 0 saturated carbocycles. The monoisotopic (exact) mass is 1440 g/mol. The van der Waals surface area contributed by atoms with Crippen molar-refractivity contribution < 1.29 is 26.9 Å². The smallest absolute Gasteiger partial charge is 0.194 e. The third-order valence-electron chi connectivity index (χ3n) is 21.4. The van der Waals surface area contributed by atoms with Gasteiger partial charge in [-0.15, -0.1) is 0 Å². The molecule has 0 unspecified atom stereocenters. The zero-order chi connectivity index (χ0) is 80.9. The molecule has 10 aromatic carbocycles. The van der Waals surface area contributed by atoms with Gasteiger partial charge in [-0.3, -0.25) is 0 Å². The minimum atomic E-state index is -2.10. The highest BCUT2D eigenvalue weighted by Crippen LogP contribution is 2.33. The Hall–Kier alpha value is -12.1. The lowest BCUT2D eigenvalue weighted by Gasteiger charge is -2.10. The van der Waals surface area contributed by atoms with Crippen LogP contribution >= 0.6 is 0 Å². The third-order valence-corrected chi connectivity index (χ3v) is 21.4. The molecule has 0 amide bonds. The van der Waals surface area contributed by atoms with Crippen LogP contribution in [0.15, 0.2) is 303 Å². The van der Waals surface area contributed by atoms with E-state index in [1.807, 2.05) is 44.3 Å². The second-order valence-corrected chi connectivity index (χ2v) is 29.7. The van der Waals surface area contributed by atoms with Crippen molar-refractivity contribution in [1.29, 1.82) is 0 Å². The van der Waals surface area contributed by atoms with Crippen LogP contribution in [0, 0.1) is 104 Å². The van der Waals surface area contributed by atoms with Crippen LogP contribution in [0.5, 0.6) is 0 Å². The predicted molar refractivity (Wildman–Crippen MR) is 464 cm³/mol. The molecular weight excluding hydrogens is 1330 g/mol. The Balaban J connectivity index is 0.000000140. The van der Waals surface area contributed by atoms with Gasteiger partial charge in [0.15, 0.2) is 0 Å². The summed E-state index contributed by atoms with van der Waals surface area (Å²) in [6.07, 6.45) is 0. The Morgan fingerprint density at radius 2 is 0.355 bits per heavy atom. The van der Waals surface area contributed by atoms with E-state index in [0.29, 0.717) is 5.56 Å². The van der Waals surface area contributed by atoms with Gasteiger partial charge in [-0.1, -0.05) is 180 Å². The van der Waals surface area contributed by atoms with Crippen LogP contribution in [0.2, 0.25) is 0 Å². The van der Waals surface area contributed by atoms with Crippen molar-refractivity contribution in [1.82, 2.24) is 0 Å². The molecule has 0 bridgehead atoms. The van der Waals surface area contributed by atoms with Gasteiger partial charge in [0, 0.05) is 120 Å². The number of hydrogen-bond acceptors (Lipinski definition) is 0.